The average Bonchev–Trinajstić information content (AvgIpc) is 1.25. The van der Waals surface area contributed by atoms with Gasteiger partial charge in [0, 0.05) is 49.9 Å². The molecule has 0 aliphatic carbocycles. The second-order valence-corrected chi connectivity index (χ2v) is 2.19. The first-order valence-corrected chi connectivity index (χ1v) is 2.83. The van der Waals surface area contributed by atoms with Crippen molar-refractivity contribution in [3.05, 3.63) is 0 Å². The molecule has 0 rings (SSSR count). The van der Waals surface area contributed by atoms with Crippen molar-refractivity contribution < 1.29 is 10.2 Å². The van der Waals surface area contributed by atoms with Crippen LogP contribution >= 0.6 is 0 Å². The Morgan fingerprint density at radius 1 is 0.778 bits per heavy atom. The van der Waals surface area contributed by atoms with Crippen LogP contribution in [0.3, 0.4) is 0 Å². The molecule has 2 N–H and O–H groups in total. The fraction of sp³-hybridized carbons (Fsp3) is 1.00. The summed E-state index contributed by atoms with van der Waals surface area (Å²) in [6, 6.07) is 0. The van der Waals surface area contributed by atoms with E-state index in [-0.39, 0.29) is 49.9 Å². The second kappa shape index (κ2) is 11.9. The molecule has 0 bridgehead atoms. The first-order valence-electron chi connectivity index (χ1n) is 2.83. The molecule has 2 nitrogen and oxygen atoms in total. The van der Waals surface area contributed by atoms with Gasteiger partial charge in [-0.3, -0.25) is 0 Å². The van der Waals surface area contributed by atoms with E-state index in [1.54, 1.807) is 27.7 Å². The van der Waals surface area contributed by atoms with E-state index < -0.39 is 0 Å². The van der Waals surface area contributed by atoms with Gasteiger partial charge in [-0.15, -0.1) is 0 Å². The second-order valence-electron chi connectivity index (χ2n) is 2.19. The van der Waals surface area contributed by atoms with Crippen LogP contribution in [0.4, 0.5) is 0 Å². The van der Waals surface area contributed by atoms with Crippen LogP contribution in [0.2, 0.25) is 0 Å². The van der Waals surface area contributed by atoms with Crippen LogP contribution < -0.4 is 0 Å². The Balaban J connectivity index is -0.0000000720. The molecular weight excluding hydrogens is 144 g/mol. The fourth-order valence-electron chi connectivity index (χ4n) is 0. The van der Waals surface area contributed by atoms with Gasteiger partial charge in [0.25, 0.3) is 0 Å². The molecular formula is C6H16CaO2. The Morgan fingerprint density at radius 2 is 0.778 bits per heavy atom. The SMILES string of the molecule is CC(C)O.CC(C)O.[Ca]. The smallest absolute Gasteiger partial charge is 0.0483 e. The predicted octanol–water partition coefficient (Wildman–Crippen LogP) is 0.393. The molecule has 0 spiro atoms. The summed E-state index contributed by atoms with van der Waals surface area (Å²) in [5.74, 6) is 0. The van der Waals surface area contributed by atoms with Crippen molar-refractivity contribution >= 4 is 37.7 Å². The summed E-state index contributed by atoms with van der Waals surface area (Å²) in [5, 5.41) is 16.1. The van der Waals surface area contributed by atoms with Gasteiger partial charge in [-0.25, -0.2) is 0 Å². The number of hydrogen-bond acceptors (Lipinski definition) is 2. The summed E-state index contributed by atoms with van der Waals surface area (Å²) in [6.45, 7) is 6.89. The van der Waals surface area contributed by atoms with E-state index >= 15 is 0 Å². The Bertz CT molecular complexity index is 26.5. The Hall–Kier alpha value is 1.18. The molecule has 0 fully saturated rings. The molecule has 9 heavy (non-hydrogen) atoms. The Kier molecular flexibility index (Phi) is 22.0. The maximum atomic E-state index is 8.06. The molecule has 0 saturated heterocycles. The number of aliphatic hydroxyl groups excluding tert-OH is 2. The minimum Gasteiger partial charge on any atom is -0.394 e. The third kappa shape index (κ3) is 340. The summed E-state index contributed by atoms with van der Waals surface area (Å²) in [7, 11) is 0. The molecule has 0 aliphatic rings. The summed E-state index contributed by atoms with van der Waals surface area (Å²) >= 11 is 0. The topological polar surface area (TPSA) is 40.5 Å². The van der Waals surface area contributed by atoms with Crippen LogP contribution in [0.15, 0.2) is 0 Å². The Labute approximate surface area is 87.3 Å². The molecule has 0 atom stereocenters. The molecule has 0 amide bonds. The largest absolute Gasteiger partial charge is 0.394 e. The van der Waals surface area contributed by atoms with Crippen molar-refractivity contribution in [2.75, 3.05) is 0 Å². The van der Waals surface area contributed by atoms with Gasteiger partial charge < -0.3 is 10.2 Å². The van der Waals surface area contributed by atoms with Crippen LogP contribution in [0, 0.1) is 0 Å². The van der Waals surface area contributed by atoms with Crippen LogP contribution in [-0.2, 0) is 0 Å². The van der Waals surface area contributed by atoms with E-state index in [1.165, 1.54) is 0 Å². The maximum absolute atomic E-state index is 8.06. The van der Waals surface area contributed by atoms with E-state index in [9.17, 15) is 0 Å². The van der Waals surface area contributed by atoms with Gasteiger partial charge in [0.15, 0.2) is 0 Å². The van der Waals surface area contributed by atoms with E-state index in [0.29, 0.717) is 0 Å². The number of aliphatic hydroxyl groups is 2. The molecule has 0 aromatic carbocycles. The molecule has 54 valence electrons. The third-order valence-corrected chi connectivity index (χ3v) is 0. The minimum atomic E-state index is -0.167. The number of hydrogen-bond donors (Lipinski definition) is 2. The van der Waals surface area contributed by atoms with E-state index in [1.807, 2.05) is 0 Å². The summed E-state index contributed by atoms with van der Waals surface area (Å²) in [4.78, 5) is 0. The maximum Gasteiger partial charge on any atom is 0.0483 e. The fourth-order valence-corrected chi connectivity index (χ4v) is 0. The zero-order valence-corrected chi connectivity index (χ0v) is 8.96. The van der Waals surface area contributed by atoms with Crippen molar-refractivity contribution in [3.8, 4) is 0 Å². The predicted molar refractivity (Wildman–Crippen MR) is 40.5 cm³/mol. The molecule has 0 aromatic rings. The summed E-state index contributed by atoms with van der Waals surface area (Å²) in [6.07, 6.45) is -0.333. The van der Waals surface area contributed by atoms with Gasteiger partial charge in [-0.1, -0.05) is 0 Å². The van der Waals surface area contributed by atoms with Gasteiger partial charge in [0.2, 0.25) is 0 Å². The summed E-state index contributed by atoms with van der Waals surface area (Å²) in [5.41, 5.74) is 0. The number of rotatable bonds is 0. The molecule has 3 heteroatoms. The van der Waals surface area contributed by atoms with Crippen LogP contribution in [0.5, 0.6) is 0 Å². The molecule has 0 saturated carbocycles. The monoisotopic (exact) mass is 160 g/mol. The van der Waals surface area contributed by atoms with Gasteiger partial charge in [-0.05, 0) is 27.7 Å². The van der Waals surface area contributed by atoms with Crippen molar-refractivity contribution in [1.82, 2.24) is 0 Å². The van der Waals surface area contributed by atoms with Gasteiger partial charge >= 0.3 is 0 Å². The summed E-state index contributed by atoms with van der Waals surface area (Å²) < 4.78 is 0. The van der Waals surface area contributed by atoms with Gasteiger partial charge in [-0.2, -0.15) is 0 Å². The van der Waals surface area contributed by atoms with Crippen molar-refractivity contribution in [3.63, 3.8) is 0 Å². The zero-order chi connectivity index (χ0) is 7.15. The zero-order valence-electron chi connectivity index (χ0n) is 6.76. The van der Waals surface area contributed by atoms with Crippen molar-refractivity contribution in [2.45, 2.75) is 39.9 Å². The first kappa shape index (κ1) is 16.6. The molecule has 0 aliphatic heterocycles. The van der Waals surface area contributed by atoms with E-state index in [4.69, 9.17) is 10.2 Å². The van der Waals surface area contributed by atoms with E-state index in [2.05, 4.69) is 0 Å². The molecule has 0 heterocycles. The van der Waals surface area contributed by atoms with E-state index in [0.717, 1.165) is 0 Å². The quantitative estimate of drug-likeness (QED) is 0.503. The van der Waals surface area contributed by atoms with Crippen molar-refractivity contribution in [2.24, 2.45) is 0 Å². The molecule has 2 radical (unpaired) electrons. The van der Waals surface area contributed by atoms with Gasteiger partial charge in [0.05, 0.1) is 0 Å². The van der Waals surface area contributed by atoms with Gasteiger partial charge in [0.1, 0.15) is 0 Å². The van der Waals surface area contributed by atoms with Crippen molar-refractivity contribution in [1.29, 1.82) is 0 Å². The van der Waals surface area contributed by atoms with Crippen LogP contribution in [0.25, 0.3) is 0 Å². The average molecular weight is 160 g/mol. The first-order chi connectivity index (χ1) is 3.46. The molecule has 0 aromatic heterocycles. The standard InChI is InChI=1S/2C3H8O.Ca/c2*1-3(2)4;/h2*3-4H,1-2H3;. The van der Waals surface area contributed by atoms with Crippen LogP contribution in [0.1, 0.15) is 27.7 Å². The van der Waals surface area contributed by atoms with Crippen LogP contribution in [-0.4, -0.2) is 60.2 Å². The minimum absolute atomic E-state index is 0. The molecule has 0 unspecified atom stereocenters. The third-order valence-electron chi connectivity index (χ3n) is 0. The normalized spacial score (nSPS) is 8.00. The Morgan fingerprint density at radius 3 is 0.778 bits per heavy atom.